The van der Waals surface area contributed by atoms with Gasteiger partial charge in [-0.25, -0.2) is 9.78 Å². The van der Waals surface area contributed by atoms with Crippen molar-refractivity contribution in [1.82, 2.24) is 4.98 Å². The number of aromatic nitrogens is 1. The maximum Gasteiger partial charge on any atom is 0.326 e. The molecule has 1 aromatic heterocycles. The van der Waals surface area contributed by atoms with E-state index in [9.17, 15) is 4.79 Å². The van der Waals surface area contributed by atoms with Gasteiger partial charge >= 0.3 is 5.97 Å². The van der Waals surface area contributed by atoms with E-state index < -0.39 is 12.0 Å². The molecule has 0 saturated carbocycles. The maximum atomic E-state index is 11.0. The fraction of sp³-hybridized carbons (Fsp3) is 0.400. The molecule has 0 bridgehead atoms. The van der Waals surface area contributed by atoms with E-state index in [-0.39, 0.29) is 0 Å². The molecule has 1 aliphatic rings. The van der Waals surface area contributed by atoms with E-state index in [1.165, 1.54) is 0 Å². The van der Waals surface area contributed by atoms with Crippen molar-refractivity contribution >= 4 is 34.4 Å². The number of carboxylic acid groups (broad SMARTS) is 1. The van der Waals surface area contributed by atoms with Gasteiger partial charge in [0.1, 0.15) is 11.9 Å². The lowest BCUT2D eigenvalue weighted by molar-refractivity contribution is -0.138. The third kappa shape index (κ3) is 2.06. The molecule has 5 heteroatoms. The summed E-state index contributed by atoms with van der Waals surface area (Å²) in [5.41, 5.74) is 0. The number of hydrogen-bond acceptors (Lipinski definition) is 3. The van der Waals surface area contributed by atoms with E-state index in [1.54, 1.807) is 6.20 Å². The first-order valence-electron chi connectivity index (χ1n) is 4.80. The second-order valence-corrected chi connectivity index (χ2v) is 4.66. The van der Waals surface area contributed by atoms with Crippen molar-refractivity contribution in [3.63, 3.8) is 0 Å². The molecule has 1 saturated heterocycles. The first kappa shape index (κ1) is 10.7. The third-order valence-electron chi connectivity index (χ3n) is 2.55. The Bertz CT molecular complexity index is 383. The predicted octanol–water partition coefficient (Wildman–Crippen LogP) is 1.74. The zero-order chi connectivity index (χ0) is 10.8. The zero-order valence-electron chi connectivity index (χ0n) is 8.06. The second-order valence-electron chi connectivity index (χ2n) is 3.50. The lowest BCUT2D eigenvalue weighted by Crippen LogP contribution is -2.36. The SMILES string of the molecule is O=C(O)C1CCCN1c1ncccc1I. The monoisotopic (exact) mass is 318 g/mol. The lowest BCUT2D eigenvalue weighted by Gasteiger charge is -2.23. The van der Waals surface area contributed by atoms with Gasteiger partial charge in [-0.3, -0.25) is 0 Å². The molecule has 15 heavy (non-hydrogen) atoms. The smallest absolute Gasteiger partial charge is 0.326 e. The number of rotatable bonds is 2. The van der Waals surface area contributed by atoms with Crippen LogP contribution in [0.3, 0.4) is 0 Å². The Morgan fingerprint density at radius 1 is 1.67 bits per heavy atom. The van der Waals surface area contributed by atoms with Crippen LogP contribution < -0.4 is 4.90 Å². The number of pyridine rings is 1. The van der Waals surface area contributed by atoms with Gasteiger partial charge < -0.3 is 10.0 Å². The Balaban J connectivity index is 2.30. The van der Waals surface area contributed by atoms with E-state index >= 15 is 0 Å². The molecule has 1 fully saturated rings. The second kappa shape index (κ2) is 4.34. The molecular weight excluding hydrogens is 307 g/mol. The highest BCUT2D eigenvalue weighted by Gasteiger charge is 2.32. The Kier molecular flexibility index (Phi) is 3.08. The van der Waals surface area contributed by atoms with Gasteiger partial charge in [-0.15, -0.1) is 0 Å². The summed E-state index contributed by atoms with van der Waals surface area (Å²) < 4.78 is 1.00. The number of aliphatic carboxylic acids is 1. The molecular formula is C10H11IN2O2. The molecule has 1 N–H and O–H groups in total. The summed E-state index contributed by atoms with van der Waals surface area (Å²) in [6.07, 6.45) is 3.33. The highest BCUT2D eigenvalue weighted by atomic mass is 127. The zero-order valence-corrected chi connectivity index (χ0v) is 10.2. The van der Waals surface area contributed by atoms with Gasteiger partial charge in [0.15, 0.2) is 0 Å². The van der Waals surface area contributed by atoms with Crippen LogP contribution in [-0.2, 0) is 4.79 Å². The summed E-state index contributed by atoms with van der Waals surface area (Å²) in [6, 6.07) is 3.39. The maximum absolute atomic E-state index is 11.0. The standard InChI is InChI=1S/C10H11IN2O2/c11-7-3-1-5-12-9(7)13-6-2-4-8(13)10(14)15/h1,3,5,8H,2,4,6H2,(H,14,15). The Hall–Kier alpha value is -0.850. The van der Waals surface area contributed by atoms with Crippen LogP contribution in [0, 0.1) is 3.57 Å². The molecule has 1 aliphatic heterocycles. The molecule has 0 amide bonds. The molecule has 0 radical (unpaired) electrons. The van der Waals surface area contributed by atoms with E-state index in [1.807, 2.05) is 17.0 Å². The van der Waals surface area contributed by atoms with Crippen molar-refractivity contribution in [2.24, 2.45) is 0 Å². The van der Waals surface area contributed by atoms with Gasteiger partial charge in [0.25, 0.3) is 0 Å². The van der Waals surface area contributed by atoms with Gasteiger partial charge in [-0.2, -0.15) is 0 Å². The number of anilines is 1. The van der Waals surface area contributed by atoms with Crippen LogP contribution >= 0.6 is 22.6 Å². The van der Waals surface area contributed by atoms with Crippen LogP contribution in [0.4, 0.5) is 5.82 Å². The van der Waals surface area contributed by atoms with Crippen LogP contribution in [-0.4, -0.2) is 28.6 Å². The highest BCUT2D eigenvalue weighted by molar-refractivity contribution is 14.1. The largest absolute Gasteiger partial charge is 0.480 e. The number of nitrogens with zero attached hydrogens (tertiary/aromatic N) is 2. The quantitative estimate of drug-likeness (QED) is 0.844. The van der Waals surface area contributed by atoms with Crippen molar-refractivity contribution in [3.8, 4) is 0 Å². The Morgan fingerprint density at radius 2 is 2.47 bits per heavy atom. The summed E-state index contributed by atoms with van der Waals surface area (Å²) in [6.45, 7) is 0.782. The molecule has 0 spiro atoms. The third-order valence-corrected chi connectivity index (χ3v) is 3.39. The summed E-state index contributed by atoms with van der Waals surface area (Å²) in [5, 5.41) is 9.06. The number of hydrogen-bond donors (Lipinski definition) is 1. The fourth-order valence-corrected chi connectivity index (χ4v) is 2.52. The average molecular weight is 318 g/mol. The van der Waals surface area contributed by atoms with Crippen molar-refractivity contribution in [1.29, 1.82) is 0 Å². The van der Waals surface area contributed by atoms with Crippen LogP contribution in [0.25, 0.3) is 0 Å². The molecule has 0 aromatic carbocycles. The first-order chi connectivity index (χ1) is 7.20. The van der Waals surface area contributed by atoms with Crippen molar-refractivity contribution in [2.45, 2.75) is 18.9 Å². The van der Waals surface area contributed by atoms with E-state index in [0.717, 1.165) is 22.4 Å². The normalized spacial score (nSPS) is 20.6. The fourth-order valence-electron chi connectivity index (χ4n) is 1.87. The number of halogens is 1. The summed E-state index contributed by atoms with van der Waals surface area (Å²) in [5.74, 6) is 0.0388. The Labute approximate surface area is 101 Å². The molecule has 1 atom stereocenters. The minimum Gasteiger partial charge on any atom is -0.480 e. The first-order valence-corrected chi connectivity index (χ1v) is 5.88. The van der Waals surface area contributed by atoms with Crippen LogP contribution in [0.15, 0.2) is 18.3 Å². The molecule has 2 heterocycles. The molecule has 80 valence electrons. The van der Waals surface area contributed by atoms with Crippen molar-refractivity contribution in [3.05, 3.63) is 21.9 Å². The van der Waals surface area contributed by atoms with Gasteiger partial charge in [0, 0.05) is 12.7 Å². The summed E-state index contributed by atoms with van der Waals surface area (Å²) >= 11 is 2.19. The number of carbonyl (C=O) groups is 1. The van der Waals surface area contributed by atoms with E-state index in [2.05, 4.69) is 27.6 Å². The minimum absolute atomic E-state index is 0.409. The van der Waals surface area contributed by atoms with E-state index in [4.69, 9.17) is 5.11 Å². The van der Waals surface area contributed by atoms with Gasteiger partial charge in [0.05, 0.1) is 3.57 Å². The molecule has 4 nitrogen and oxygen atoms in total. The topological polar surface area (TPSA) is 53.4 Å². The lowest BCUT2D eigenvalue weighted by atomic mass is 10.2. The van der Waals surface area contributed by atoms with Gasteiger partial charge in [0.2, 0.25) is 0 Å². The van der Waals surface area contributed by atoms with Crippen LogP contribution in [0.5, 0.6) is 0 Å². The van der Waals surface area contributed by atoms with E-state index in [0.29, 0.717) is 6.42 Å². The Morgan fingerprint density at radius 3 is 3.13 bits per heavy atom. The average Bonchev–Trinajstić information content (AvgIpc) is 2.67. The van der Waals surface area contributed by atoms with Crippen molar-refractivity contribution < 1.29 is 9.90 Å². The van der Waals surface area contributed by atoms with Crippen molar-refractivity contribution in [2.75, 3.05) is 11.4 Å². The van der Waals surface area contributed by atoms with Gasteiger partial charge in [-0.05, 0) is 47.6 Å². The molecule has 1 unspecified atom stereocenters. The van der Waals surface area contributed by atoms with Gasteiger partial charge in [-0.1, -0.05) is 0 Å². The minimum atomic E-state index is -0.756. The summed E-state index contributed by atoms with van der Waals surface area (Å²) in [4.78, 5) is 17.2. The van der Waals surface area contributed by atoms with Crippen LogP contribution in [0.2, 0.25) is 0 Å². The highest BCUT2D eigenvalue weighted by Crippen LogP contribution is 2.27. The summed E-state index contributed by atoms with van der Waals surface area (Å²) in [7, 11) is 0. The predicted molar refractivity (Wildman–Crippen MR) is 65.0 cm³/mol. The molecule has 0 aliphatic carbocycles. The molecule has 1 aromatic rings. The van der Waals surface area contributed by atoms with Crippen LogP contribution in [0.1, 0.15) is 12.8 Å². The number of carboxylic acids is 1. The molecule has 2 rings (SSSR count).